The third-order valence-electron chi connectivity index (χ3n) is 1.02. The van der Waals surface area contributed by atoms with E-state index in [9.17, 15) is 0 Å². The fourth-order valence-electron chi connectivity index (χ4n) is 0.562. The summed E-state index contributed by atoms with van der Waals surface area (Å²) in [6.07, 6.45) is 0. The molecule has 0 unspecified atom stereocenters. The van der Waals surface area contributed by atoms with Crippen molar-refractivity contribution in [3.05, 3.63) is 32.1 Å². The van der Waals surface area contributed by atoms with Crippen LogP contribution in [0.3, 0.4) is 0 Å². The van der Waals surface area contributed by atoms with E-state index in [1.165, 1.54) is 0 Å². The monoisotopic (exact) mass is 261 g/mol. The van der Waals surface area contributed by atoms with Gasteiger partial charge in [-0.15, -0.1) is 0 Å². The zero-order valence-electron chi connectivity index (χ0n) is 4.88. The molecular weight excluding hydrogens is 260 g/mol. The molecule has 0 spiro atoms. The highest BCUT2D eigenvalue weighted by Crippen LogP contribution is 2.27. The molecule has 50 valence electrons. The molecule has 2 nitrogen and oxygen atoms in total. The van der Waals surface area contributed by atoms with Crippen LogP contribution in [0.5, 0.6) is 0 Å². The lowest BCUT2D eigenvalue weighted by atomic mass is 10.3. The average molecular weight is 263 g/mol. The molecule has 0 N–H and O–H groups in total. The van der Waals surface area contributed by atoms with Gasteiger partial charge in [0.25, 0.3) is 0 Å². The predicted octanol–water partition coefficient (Wildman–Crippen LogP) is 3.70. The second-order valence-corrected chi connectivity index (χ2v) is 3.47. The molecule has 0 amide bonds. The van der Waals surface area contributed by atoms with Gasteiger partial charge in [0.05, 0.1) is 0 Å². The highest BCUT2D eigenvalue weighted by Gasteiger charge is 2.09. The summed E-state index contributed by atoms with van der Waals surface area (Å²) < 4.78 is 1.72. The van der Waals surface area contributed by atoms with E-state index in [1.807, 2.05) is 6.07 Å². The zero-order valence-corrected chi connectivity index (χ0v) is 8.05. The second-order valence-electron chi connectivity index (χ2n) is 1.70. The number of hydrogen-bond donors (Lipinski definition) is 0. The highest BCUT2D eigenvalue weighted by atomic mass is 79.9. The van der Waals surface area contributed by atoms with E-state index >= 15 is 0 Å². The van der Waals surface area contributed by atoms with Crippen LogP contribution < -0.4 is 0 Å². The number of benzene rings is 1. The number of rotatable bonds is 0. The normalized spacial score (nSPS) is 8.90. The van der Waals surface area contributed by atoms with Crippen LogP contribution in [0.2, 0.25) is 0 Å². The molecule has 1 aromatic carbocycles. The van der Waals surface area contributed by atoms with Crippen LogP contribution in [-0.2, 0) is 0 Å². The van der Waals surface area contributed by atoms with Crippen LogP contribution in [0.4, 0.5) is 5.69 Å². The Labute approximate surface area is 75.1 Å². The minimum atomic E-state index is 0.531. The quantitative estimate of drug-likeness (QED) is 0.656. The SMILES string of the molecule is N#[N+]c1ccc(Br)cc1Br. The van der Waals surface area contributed by atoms with Crippen LogP contribution >= 0.6 is 31.9 Å². The summed E-state index contributed by atoms with van der Waals surface area (Å²) in [5.74, 6) is 0. The van der Waals surface area contributed by atoms with Crippen LogP contribution in [0.25, 0.3) is 4.98 Å². The van der Waals surface area contributed by atoms with E-state index in [0.29, 0.717) is 5.69 Å². The number of halogens is 2. The molecule has 0 heterocycles. The van der Waals surface area contributed by atoms with Gasteiger partial charge in [-0.25, -0.2) is 0 Å². The van der Waals surface area contributed by atoms with Gasteiger partial charge in [0.1, 0.15) is 4.47 Å². The van der Waals surface area contributed by atoms with Crippen molar-refractivity contribution in [1.29, 1.82) is 5.39 Å². The summed E-state index contributed by atoms with van der Waals surface area (Å²) in [6, 6.07) is 5.32. The first kappa shape index (κ1) is 7.70. The first-order valence-electron chi connectivity index (χ1n) is 2.54. The zero-order chi connectivity index (χ0) is 7.56. The molecule has 0 fully saturated rings. The van der Waals surface area contributed by atoms with Crippen molar-refractivity contribution in [1.82, 2.24) is 0 Å². The van der Waals surface area contributed by atoms with Crippen molar-refractivity contribution in [2.75, 3.05) is 0 Å². The van der Waals surface area contributed by atoms with Crippen LogP contribution in [0, 0.1) is 5.39 Å². The van der Waals surface area contributed by atoms with Crippen molar-refractivity contribution >= 4 is 37.5 Å². The minimum Gasteiger partial charge on any atom is -0.0508 e. The molecule has 1 rings (SSSR count). The molecule has 0 bridgehead atoms. The van der Waals surface area contributed by atoms with Crippen molar-refractivity contribution in [3.8, 4) is 0 Å². The Balaban J connectivity index is 3.23. The summed E-state index contributed by atoms with van der Waals surface area (Å²) >= 11 is 6.50. The van der Waals surface area contributed by atoms with Gasteiger partial charge in [0.15, 0.2) is 4.98 Å². The minimum absolute atomic E-state index is 0.531. The van der Waals surface area contributed by atoms with Crippen LogP contribution in [0.1, 0.15) is 0 Å². The fourth-order valence-corrected chi connectivity index (χ4v) is 1.69. The molecule has 10 heavy (non-hydrogen) atoms. The van der Waals surface area contributed by atoms with E-state index in [4.69, 9.17) is 5.39 Å². The summed E-state index contributed by atoms with van der Waals surface area (Å²) in [7, 11) is 0. The summed E-state index contributed by atoms with van der Waals surface area (Å²) in [6.45, 7) is 0. The van der Waals surface area contributed by atoms with E-state index < -0.39 is 0 Å². The van der Waals surface area contributed by atoms with E-state index in [2.05, 4.69) is 36.8 Å². The van der Waals surface area contributed by atoms with Crippen LogP contribution in [0.15, 0.2) is 27.1 Å². The topological polar surface area (TPSA) is 28.1 Å². The van der Waals surface area contributed by atoms with Gasteiger partial charge in [-0.1, -0.05) is 15.9 Å². The van der Waals surface area contributed by atoms with Crippen molar-refractivity contribution < 1.29 is 0 Å². The molecule has 0 radical (unpaired) electrons. The predicted molar refractivity (Wildman–Crippen MR) is 46.6 cm³/mol. The summed E-state index contributed by atoms with van der Waals surface area (Å²) in [4.78, 5) is 3.04. The third kappa shape index (κ3) is 1.55. The second kappa shape index (κ2) is 3.13. The van der Waals surface area contributed by atoms with Gasteiger partial charge in [0, 0.05) is 10.5 Å². The molecule has 0 saturated heterocycles. The Kier molecular flexibility index (Phi) is 2.41. The maximum atomic E-state index is 8.39. The van der Waals surface area contributed by atoms with E-state index in [1.54, 1.807) is 12.1 Å². The molecule has 4 heteroatoms. The molecule has 0 saturated carbocycles. The van der Waals surface area contributed by atoms with Crippen molar-refractivity contribution in [2.24, 2.45) is 0 Å². The van der Waals surface area contributed by atoms with Crippen LogP contribution in [-0.4, -0.2) is 0 Å². The maximum Gasteiger partial charge on any atom is 0.399 e. The summed E-state index contributed by atoms with van der Waals surface area (Å²) in [5, 5.41) is 8.39. The first-order valence-corrected chi connectivity index (χ1v) is 4.13. The van der Waals surface area contributed by atoms with Gasteiger partial charge in [-0.05, 0) is 28.1 Å². The Morgan fingerprint density at radius 2 is 2.00 bits per heavy atom. The molecule has 0 aliphatic rings. The van der Waals surface area contributed by atoms with Gasteiger partial charge in [-0.3, -0.25) is 0 Å². The third-order valence-corrected chi connectivity index (χ3v) is 2.15. The van der Waals surface area contributed by atoms with Crippen molar-refractivity contribution in [3.63, 3.8) is 0 Å². The highest BCUT2D eigenvalue weighted by molar-refractivity contribution is 9.11. The number of hydrogen-bond acceptors (Lipinski definition) is 1. The Morgan fingerprint density at radius 3 is 2.50 bits per heavy atom. The lowest BCUT2D eigenvalue weighted by molar-refractivity contribution is 1.45. The molecule has 0 atom stereocenters. The fraction of sp³-hybridized carbons (Fsp3) is 0. The van der Waals surface area contributed by atoms with E-state index in [-0.39, 0.29) is 0 Å². The summed E-state index contributed by atoms with van der Waals surface area (Å²) in [5.41, 5.74) is 0.531. The molecule has 0 aromatic heterocycles. The van der Waals surface area contributed by atoms with Gasteiger partial charge < -0.3 is 0 Å². The Hall–Kier alpha value is -0.400. The lowest BCUT2D eigenvalue weighted by Crippen LogP contribution is -1.65. The number of nitrogens with zero attached hydrogens (tertiary/aromatic N) is 2. The number of diazo groups is 1. The van der Waals surface area contributed by atoms with Crippen molar-refractivity contribution in [2.45, 2.75) is 0 Å². The standard InChI is InChI=1S/C6H3Br2N2/c7-4-1-2-6(10-9)5(8)3-4/h1-3H/q+1. The Morgan fingerprint density at radius 1 is 1.30 bits per heavy atom. The first-order chi connectivity index (χ1) is 4.74. The molecule has 0 aliphatic carbocycles. The van der Waals surface area contributed by atoms with Gasteiger partial charge in [-0.2, -0.15) is 0 Å². The lowest BCUT2D eigenvalue weighted by Gasteiger charge is -1.85. The van der Waals surface area contributed by atoms with Gasteiger partial charge in [0.2, 0.25) is 5.39 Å². The smallest absolute Gasteiger partial charge is 0.0508 e. The van der Waals surface area contributed by atoms with E-state index in [0.717, 1.165) is 8.95 Å². The van der Waals surface area contributed by atoms with Gasteiger partial charge >= 0.3 is 5.69 Å². The molecule has 1 aromatic rings. The Bertz CT molecular complexity index is 290. The maximum absolute atomic E-state index is 8.39. The molecular formula is C6H3Br2N2+. The molecule has 0 aliphatic heterocycles. The average Bonchev–Trinajstić information content (AvgIpc) is 1.88. The largest absolute Gasteiger partial charge is 0.399 e.